The van der Waals surface area contributed by atoms with Gasteiger partial charge in [0.25, 0.3) is 0 Å². The van der Waals surface area contributed by atoms with Gasteiger partial charge in [0.1, 0.15) is 6.04 Å². The molecule has 0 bridgehead atoms. The Labute approximate surface area is 102 Å². The molecule has 90 valence electrons. The van der Waals surface area contributed by atoms with Crippen molar-refractivity contribution in [3.05, 3.63) is 33.7 Å². The first-order valence-corrected chi connectivity index (χ1v) is 6.45. The largest absolute Gasteiger partial charge is 0.480 e. The molecule has 7 heteroatoms. The molecule has 3 N–H and O–H groups in total. The first-order valence-electron chi connectivity index (χ1n) is 4.58. The fraction of sp³-hybridized carbons (Fsp3) is 0.100. The number of carboxylic acid groups (broad SMARTS) is 1. The van der Waals surface area contributed by atoms with E-state index in [-0.39, 0.29) is 14.8 Å². The summed E-state index contributed by atoms with van der Waals surface area (Å²) in [6.45, 7) is 0. The van der Waals surface area contributed by atoms with Crippen LogP contribution in [0, 0.1) is 0 Å². The van der Waals surface area contributed by atoms with Crippen molar-refractivity contribution in [3.63, 3.8) is 0 Å². The molecule has 1 aromatic carbocycles. The molecule has 1 aliphatic rings. The Morgan fingerprint density at radius 1 is 1.41 bits per heavy atom. The van der Waals surface area contributed by atoms with Crippen molar-refractivity contribution in [3.8, 4) is 0 Å². The normalized spacial score (nSPS) is 18.4. The molecule has 0 saturated heterocycles. The number of hydrogen-bond acceptors (Lipinski definition) is 4. The first-order chi connectivity index (χ1) is 7.84. The van der Waals surface area contributed by atoms with E-state index in [0.29, 0.717) is 5.56 Å². The van der Waals surface area contributed by atoms with Crippen LogP contribution in [0.4, 0.5) is 0 Å². The maximum Gasteiger partial charge on any atom is 0.325 e. The van der Waals surface area contributed by atoms with Crippen LogP contribution in [-0.2, 0) is 14.6 Å². The minimum absolute atomic E-state index is 0.00306. The third kappa shape index (κ3) is 1.84. The molecule has 0 spiro atoms. The summed E-state index contributed by atoms with van der Waals surface area (Å²) in [4.78, 5) is 10.4. The van der Waals surface area contributed by atoms with Gasteiger partial charge in [-0.25, -0.2) is 8.42 Å². The summed E-state index contributed by atoms with van der Waals surface area (Å²) >= 11 is 5.71. The van der Waals surface area contributed by atoms with Crippen molar-refractivity contribution >= 4 is 33.5 Å². The van der Waals surface area contributed by atoms with Gasteiger partial charge in [0, 0.05) is 5.02 Å². The third-order valence-electron chi connectivity index (χ3n) is 2.45. The van der Waals surface area contributed by atoms with Crippen molar-refractivity contribution < 1.29 is 18.3 Å². The first kappa shape index (κ1) is 12.1. The lowest BCUT2D eigenvalue weighted by molar-refractivity contribution is -0.137. The Balaban J connectivity index is 2.61. The Morgan fingerprint density at radius 2 is 2.06 bits per heavy atom. The Kier molecular flexibility index (Phi) is 2.73. The Bertz CT molecular complexity index is 636. The smallest absolute Gasteiger partial charge is 0.325 e. The van der Waals surface area contributed by atoms with E-state index in [1.165, 1.54) is 24.3 Å². The molecule has 17 heavy (non-hydrogen) atoms. The minimum Gasteiger partial charge on any atom is -0.480 e. The van der Waals surface area contributed by atoms with Gasteiger partial charge in [-0.15, -0.1) is 0 Å². The van der Waals surface area contributed by atoms with Gasteiger partial charge in [0.05, 0.1) is 9.80 Å². The monoisotopic (exact) mass is 273 g/mol. The molecule has 0 radical (unpaired) electrons. The number of nitrogens with two attached hydrogens (primary N) is 1. The van der Waals surface area contributed by atoms with Gasteiger partial charge in [-0.1, -0.05) is 17.7 Å². The number of carbonyl (C=O) groups is 1. The predicted octanol–water partition coefficient (Wildman–Crippen LogP) is 0.880. The van der Waals surface area contributed by atoms with Crippen LogP contribution < -0.4 is 5.73 Å². The molecule has 0 fully saturated rings. The summed E-state index contributed by atoms with van der Waals surface area (Å²) < 4.78 is 24.0. The van der Waals surface area contributed by atoms with Crippen LogP contribution in [0.3, 0.4) is 0 Å². The maximum atomic E-state index is 12.0. The van der Waals surface area contributed by atoms with E-state index in [4.69, 9.17) is 22.4 Å². The molecule has 1 aliphatic heterocycles. The fourth-order valence-electron chi connectivity index (χ4n) is 1.60. The number of aliphatic carboxylic acids is 1. The number of halogens is 1. The second-order valence-electron chi connectivity index (χ2n) is 3.55. The number of hydrogen-bond donors (Lipinski definition) is 2. The molecule has 1 atom stereocenters. The summed E-state index contributed by atoms with van der Waals surface area (Å²) in [6.07, 6.45) is 1.26. The summed E-state index contributed by atoms with van der Waals surface area (Å²) in [5.74, 6) is -1.39. The average Bonchev–Trinajstić information content (AvgIpc) is 2.50. The van der Waals surface area contributed by atoms with Gasteiger partial charge in [0.15, 0.2) is 0 Å². The fourth-order valence-corrected chi connectivity index (χ4v) is 3.52. The molecule has 0 aliphatic carbocycles. The molecule has 1 heterocycles. The average molecular weight is 274 g/mol. The Morgan fingerprint density at radius 3 is 2.65 bits per heavy atom. The van der Waals surface area contributed by atoms with Crippen LogP contribution in [-0.4, -0.2) is 25.5 Å². The lowest BCUT2D eigenvalue weighted by Crippen LogP contribution is -2.34. The van der Waals surface area contributed by atoms with E-state index >= 15 is 0 Å². The highest BCUT2D eigenvalue weighted by atomic mass is 35.5. The number of fused-ring (bicyclic) bond motifs is 1. The van der Waals surface area contributed by atoms with E-state index in [2.05, 4.69) is 0 Å². The van der Waals surface area contributed by atoms with Crippen LogP contribution in [0.1, 0.15) is 5.56 Å². The summed E-state index contributed by atoms with van der Waals surface area (Å²) in [6, 6.07) is 2.76. The quantitative estimate of drug-likeness (QED) is 0.834. The van der Waals surface area contributed by atoms with Crippen LogP contribution in [0.25, 0.3) is 6.08 Å². The van der Waals surface area contributed by atoms with Gasteiger partial charge in [-0.2, -0.15) is 0 Å². The summed E-state index contributed by atoms with van der Waals surface area (Å²) in [5, 5.41) is 9.02. The van der Waals surface area contributed by atoms with Crippen molar-refractivity contribution in [1.82, 2.24) is 0 Å². The van der Waals surface area contributed by atoms with E-state index < -0.39 is 21.8 Å². The topological polar surface area (TPSA) is 97.5 Å². The van der Waals surface area contributed by atoms with Crippen LogP contribution in [0.5, 0.6) is 0 Å². The molecule has 5 nitrogen and oxygen atoms in total. The molecular weight excluding hydrogens is 266 g/mol. The van der Waals surface area contributed by atoms with Crippen molar-refractivity contribution in [2.75, 3.05) is 0 Å². The SMILES string of the molecule is NC(C(=O)O)C1=Cc2ccc(Cl)cc2S1(=O)=O. The number of rotatable bonds is 2. The zero-order valence-electron chi connectivity index (χ0n) is 8.42. The second-order valence-corrected chi connectivity index (χ2v) is 5.90. The van der Waals surface area contributed by atoms with Crippen LogP contribution in [0.15, 0.2) is 28.0 Å². The van der Waals surface area contributed by atoms with E-state index in [1.807, 2.05) is 0 Å². The van der Waals surface area contributed by atoms with Crippen molar-refractivity contribution in [2.45, 2.75) is 10.9 Å². The van der Waals surface area contributed by atoms with E-state index in [0.717, 1.165) is 0 Å². The van der Waals surface area contributed by atoms with E-state index in [1.54, 1.807) is 0 Å². The molecule has 0 aromatic heterocycles. The molecule has 2 rings (SSSR count). The number of carboxylic acids is 1. The second kappa shape index (κ2) is 3.83. The summed E-state index contributed by atoms with van der Waals surface area (Å²) in [5.41, 5.74) is 5.74. The van der Waals surface area contributed by atoms with Gasteiger partial charge in [0.2, 0.25) is 9.84 Å². The Hall–Kier alpha value is -1.37. The highest BCUT2D eigenvalue weighted by molar-refractivity contribution is 7.96. The van der Waals surface area contributed by atoms with Gasteiger partial charge in [-0.3, -0.25) is 4.79 Å². The molecule has 0 saturated carbocycles. The molecular formula is C10H8ClNO4S. The minimum atomic E-state index is -3.84. The molecule has 0 amide bonds. The van der Waals surface area contributed by atoms with Crippen LogP contribution in [0.2, 0.25) is 5.02 Å². The van der Waals surface area contributed by atoms with Crippen LogP contribution >= 0.6 is 11.6 Å². The zero-order chi connectivity index (χ0) is 12.8. The lowest BCUT2D eigenvalue weighted by Gasteiger charge is -2.07. The standard InChI is InChI=1S/C10H8ClNO4S/c11-6-2-1-5-3-8(9(12)10(13)14)17(15,16)7(5)4-6/h1-4,9H,12H2,(H,13,14). The van der Waals surface area contributed by atoms with E-state index in [9.17, 15) is 13.2 Å². The molecule has 1 aromatic rings. The van der Waals surface area contributed by atoms with Gasteiger partial charge >= 0.3 is 5.97 Å². The third-order valence-corrected chi connectivity index (χ3v) is 4.61. The molecule has 1 unspecified atom stereocenters. The van der Waals surface area contributed by atoms with Gasteiger partial charge < -0.3 is 10.8 Å². The van der Waals surface area contributed by atoms with Crippen molar-refractivity contribution in [2.24, 2.45) is 5.73 Å². The summed E-state index contributed by atoms with van der Waals surface area (Å²) in [7, 11) is -3.84. The highest BCUT2D eigenvalue weighted by Gasteiger charge is 2.36. The number of sulfone groups is 1. The van der Waals surface area contributed by atoms with Crippen molar-refractivity contribution in [1.29, 1.82) is 0 Å². The number of benzene rings is 1. The predicted molar refractivity (Wildman–Crippen MR) is 62.2 cm³/mol. The highest BCUT2D eigenvalue weighted by Crippen LogP contribution is 2.35. The zero-order valence-corrected chi connectivity index (χ0v) is 9.99. The van der Waals surface area contributed by atoms with Gasteiger partial charge in [-0.05, 0) is 23.8 Å². The lowest BCUT2D eigenvalue weighted by atomic mass is 10.2. The maximum absolute atomic E-state index is 12.0.